The van der Waals surface area contributed by atoms with E-state index in [2.05, 4.69) is 96.0 Å². The van der Waals surface area contributed by atoms with Gasteiger partial charge < -0.3 is 10.2 Å². The predicted octanol–water partition coefficient (Wildman–Crippen LogP) is 5.24. The summed E-state index contributed by atoms with van der Waals surface area (Å²) in [6.07, 6.45) is 2.57. The van der Waals surface area contributed by atoms with Crippen molar-refractivity contribution in [3.8, 4) is 6.07 Å². The van der Waals surface area contributed by atoms with Crippen molar-refractivity contribution in [1.29, 1.82) is 5.26 Å². The molecular weight excluding hydrogens is 444 g/mol. The molecule has 1 N–H and O–H groups in total. The Bertz CT molecular complexity index is 1150. The fraction of sp³-hybridized carbons (Fsp3) is 0.290. The molecule has 1 aliphatic rings. The summed E-state index contributed by atoms with van der Waals surface area (Å²) in [5.74, 6) is -0.214. The van der Waals surface area contributed by atoms with Gasteiger partial charge in [0.2, 0.25) is 0 Å². The molecule has 184 valence electrons. The molecular formula is C31H34N4O. The van der Waals surface area contributed by atoms with E-state index < -0.39 is 0 Å². The number of nitrogens with one attached hydrogen (secondary N) is 1. The number of hydrogen-bond donors (Lipinski definition) is 1. The van der Waals surface area contributed by atoms with Gasteiger partial charge in [-0.05, 0) is 35.6 Å². The van der Waals surface area contributed by atoms with E-state index in [1.165, 1.54) is 16.7 Å². The lowest BCUT2D eigenvalue weighted by Crippen LogP contribution is -2.50. The first kappa shape index (κ1) is 25.2. The van der Waals surface area contributed by atoms with Crippen LogP contribution in [0, 0.1) is 11.3 Å². The van der Waals surface area contributed by atoms with Gasteiger partial charge in [-0.2, -0.15) is 5.26 Å². The lowest BCUT2D eigenvalue weighted by atomic mass is 9.96. The Morgan fingerprint density at radius 3 is 1.94 bits per heavy atom. The van der Waals surface area contributed by atoms with Gasteiger partial charge in [0.1, 0.15) is 11.6 Å². The van der Waals surface area contributed by atoms with Crippen molar-refractivity contribution in [3.05, 3.63) is 119 Å². The monoisotopic (exact) mass is 478 g/mol. The normalized spacial score (nSPS) is 15.4. The number of carbonyl (C=O) groups is 1. The number of aryl methyl sites for hydroxylation is 1. The third kappa shape index (κ3) is 6.02. The molecule has 1 aliphatic heterocycles. The van der Waals surface area contributed by atoms with Crippen LogP contribution in [0.2, 0.25) is 0 Å². The van der Waals surface area contributed by atoms with Gasteiger partial charge in [0, 0.05) is 38.4 Å². The number of piperazine rings is 1. The fourth-order valence-electron chi connectivity index (χ4n) is 4.73. The van der Waals surface area contributed by atoms with Crippen LogP contribution in [0.25, 0.3) is 0 Å². The second-order valence-corrected chi connectivity index (χ2v) is 9.21. The maximum Gasteiger partial charge on any atom is 0.266 e. The minimum atomic E-state index is -0.214. The van der Waals surface area contributed by atoms with E-state index in [-0.39, 0.29) is 23.6 Å². The smallest absolute Gasteiger partial charge is 0.266 e. The van der Waals surface area contributed by atoms with Gasteiger partial charge in [0.05, 0.1) is 6.04 Å². The van der Waals surface area contributed by atoms with Crippen LogP contribution in [0.1, 0.15) is 48.2 Å². The van der Waals surface area contributed by atoms with Crippen LogP contribution >= 0.6 is 0 Å². The van der Waals surface area contributed by atoms with E-state index in [4.69, 9.17) is 0 Å². The highest BCUT2D eigenvalue weighted by Gasteiger charge is 2.29. The molecule has 0 aromatic heterocycles. The zero-order valence-corrected chi connectivity index (χ0v) is 21.1. The minimum absolute atomic E-state index is 0.00130. The molecule has 1 saturated heterocycles. The quantitative estimate of drug-likeness (QED) is 0.355. The summed E-state index contributed by atoms with van der Waals surface area (Å²) < 4.78 is 0. The molecule has 3 aromatic rings. The number of nitriles is 1. The average Bonchev–Trinajstić information content (AvgIpc) is 2.95. The maximum absolute atomic E-state index is 13.2. The Labute approximate surface area is 214 Å². The Balaban J connectivity index is 1.40. The van der Waals surface area contributed by atoms with E-state index in [9.17, 15) is 10.1 Å². The predicted molar refractivity (Wildman–Crippen MR) is 144 cm³/mol. The topological polar surface area (TPSA) is 59.4 Å². The van der Waals surface area contributed by atoms with Gasteiger partial charge in [-0.25, -0.2) is 0 Å². The highest BCUT2D eigenvalue weighted by atomic mass is 16.2. The van der Waals surface area contributed by atoms with Crippen molar-refractivity contribution in [2.45, 2.75) is 32.4 Å². The maximum atomic E-state index is 13.2. The van der Waals surface area contributed by atoms with Crippen LogP contribution in [0.15, 0.2) is 96.7 Å². The molecule has 0 radical (unpaired) electrons. The van der Waals surface area contributed by atoms with Gasteiger partial charge >= 0.3 is 0 Å². The molecule has 0 aliphatic carbocycles. The van der Waals surface area contributed by atoms with Crippen molar-refractivity contribution >= 4 is 5.91 Å². The molecule has 0 spiro atoms. The first-order valence-electron chi connectivity index (χ1n) is 12.7. The molecule has 36 heavy (non-hydrogen) atoms. The zero-order valence-electron chi connectivity index (χ0n) is 21.1. The SMILES string of the molecule is CCc1ccc(C(C)N/C=C(/C#N)C(=O)N2CCN(C(c3ccccc3)c3ccccc3)CC2)cc1. The Hall–Kier alpha value is -3.88. The van der Waals surface area contributed by atoms with Crippen LogP contribution in [-0.4, -0.2) is 41.9 Å². The van der Waals surface area contributed by atoms with Crippen LogP contribution in [-0.2, 0) is 11.2 Å². The van der Waals surface area contributed by atoms with Gasteiger partial charge in [-0.3, -0.25) is 9.69 Å². The molecule has 0 saturated carbocycles. The van der Waals surface area contributed by atoms with Gasteiger partial charge in [-0.15, -0.1) is 0 Å². The Morgan fingerprint density at radius 1 is 0.889 bits per heavy atom. The molecule has 0 bridgehead atoms. The first-order valence-corrected chi connectivity index (χ1v) is 12.7. The van der Waals surface area contributed by atoms with E-state index >= 15 is 0 Å². The van der Waals surface area contributed by atoms with Crippen molar-refractivity contribution in [2.75, 3.05) is 26.2 Å². The van der Waals surface area contributed by atoms with E-state index in [0.29, 0.717) is 13.1 Å². The van der Waals surface area contributed by atoms with E-state index in [1.54, 1.807) is 11.1 Å². The summed E-state index contributed by atoms with van der Waals surface area (Å²) in [5, 5.41) is 12.9. The average molecular weight is 479 g/mol. The second-order valence-electron chi connectivity index (χ2n) is 9.21. The van der Waals surface area contributed by atoms with Crippen molar-refractivity contribution < 1.29 is 4.79 Å². The molecule has 1 amide bonds. The summed E-state index contributed by atoms with van der Waals surface area (Å²) in [6, 6.07) is 31.7. The Morgan fingerprint density at radius 2 is 1.44 bits per heavy atom. The zero-order chi connectivity index (χ0) is 25.3. The molecule has 1 unspecified atom stereocenters. The van der Waals surface area contributed by atoms with Gasteiger partial charge in [0.15, 0.2) is 0 Å². The van der Waals surface area contributed by atoms with Crippen molar-refractivity contribution in [3.63, 3.8) is 0 Å². The lowest BCUT2D eigenvalue weighted by molar-refractivity contribution is -0.128. The number of hydrogen-bond acceptors (Lipinski definition) is 4. The third-order valence-electron chi connectivity index (χ3n) is 6.91. The molecule has 5 nitrogen and oxygen atoms in total. The largest absolute Gasteiger partial charge is 0.383 e. The fourth-order valence-corrected chi connectivity index (χ4v) is 4.73. The summed E-state index contributed by atoms with van der Waals surface area (Å²) in [7, 11) is 0. The summed E-state index contributed by atoms with van der Waals surface area (Å²) in [5.41, 5.74) is 5.03. The van der Waals surface area contributed by atoms with Gasteiger partial charge in [-0.1, -0.05) is 91.9 Å². The highest BCUT2D eigenvalue weighted by Crippen LogP contribution is 2.29. The van der Waals surface area contributed by atoms with Crippen LogP contribution < -0.4 is 5.32 Å². The van der Waals surface area contributed by atoms with Crippen LogP contribution in [0.3, 0.4) is 0 Å². The van der Waals surface area contributed by atoms with E-state index in [1.807, 2.05) is 19.1 Å². The first-order chi connectivity index (χ1) is 17.6. The molecule has 1 fully saturated rings. The molecule has 3 aromatic carbocycles. The minimum Gasteiger partial charge on any atom is -0.383 e. The van der Waals surface area contributed by atoms with Crippen LogP contribution in [0.4, 0.5) is 0 Å². The molecule has 4 rings (SSSR count). The molecule has 1 heterocycles. The second kappa shape index (κ2) is 12.2. The van der Waals surface area contributed by atoms with E-state index in [0.717, 1.165) is 25.1 Å². The van der Waals surface area contributed by atoms with Crippen LogP contribution in [0.5, 0.6) is 0 Å². The number of benzene rings is 3. The number of carbonyl (C=O) groups excluding carboxylic acids is 1. The summed E-state index contributed by atoms with van der Waals surface area (Å²) >= 11 is 0. The summed E-state index contributed by atoms with van der Waals surface area (Å²) in [4.78, 5) is 17.4. The van der Waals surface area contributed by atoms with Crippen molar-refractivity contribution in [2.24, 2.45) is 0 Å². The van der Waals surface area contributed by atoms with Gasteiger partial charge in [0.25, 0.3) is 5.91 Å². The lowest BCUT2D eigenvalue weighted by Gasteiger charge is -2.39. The molecule has 5 heteroatoms. The Kier molecular flexibility index (Phi) is 8.54. The summed E-state index contributed by atoms with van der Waals surface area (Å²) in [6.45, 7) is 6.82. The standard InChI is InChI=1S/C31H34N4O/c1-3-25-14-16-26(17-15-25)24(2)33-23-29(22-32)31(36)35-20-18-34(19-21-35)30(27-10-6-4-7-11-27)28-12-8-5-9-13-28/h4-17,23-24,30,33H,3,18-21H2,1-2H3/b29-23-. The number of amides is 1. The van der Waals surface area contributed by atoms with Crippen molar-refractivity contribution in [1.82, 2.24) is 15.1 Å². The number of rotatable bonds is 8. The molecule has 1 atom stereocenters. The third-order valence-corrected chi connectivity index (χ3v) is 6.91. The number of nitrogens with zero attached hydrogens (tertiary/aromatic N) is 3. The highest BCUT2D eigenvalue weighted by molar-refractivity contribution is 5.97.